The number of aromatic nitrogens is 1. The first-order chi connectivity index (χ1) is 11.1. The summed E-state index contributed by atoms with van der Waals surface area (Å²) in [4.78, 5) is 16.6. The van der Waals surface area contributed by atoms with Crippen LogP contribution in [0.3, 0.4) is 0 Å². The molecule has 0 bridgehead atoms. The highest BCUT2D eigenvalue weighted by Crippen LogP contribution is 2.19. The number of furan rings is 1. The summed E-state index contributed by atoms with van der Waals surface area (Å²) in [5, 5.41) is 2.79. The third-order valence-electron chi connectivity index (χ3n) is 3.47. The van der Waals surface area contributed by atoms with Gasteiger partial charge >= 0.3 is 0 Å². The van der Waals surface area contributed by atoms with Gasteiger partial charge in [0.15, 0.2) is 0 Å². The van der Waals surface area contributed by atoms with Crippen LogP contribution < -0.4 is 5.32 Å². The fourth-order valence-electron chi connectivity index (χ4n) is 2.26. The van der Waals surface area contributed by atoms with Crippen molar-refractivity contribution in [1.82, 2.24) is 10.3 Å². The maximum Gasteiger partial charge on any atom is 0.253 e. The van der Waals surface area contributed by atoms with Crippen LogP contribution in [0.5, 0.6) is 0 Å². The molecule has 1 aromatic carbocycles. The van der Waals surface area contributed by atoms with E-state index >= 15 is 0 Å². The molecule has 3 rings (SSSR count). The van der Waals surface area contributed by atoms with Crippen molar-refractivity contribution in [2.24, 2.45) is 0 Å². The van der Waals surface area contributed by atoms with E-state index in [0.717, 1.165) is 5.56 Å². The summed E-state index contributed by atoms with van der Waals surface area (Å²) >= 11 is 0. The SMILES string of the molecule is Cc1nc(-c2ccc(F)cc2)ccc1C(=O)NCc1ccco1. The van der Waals surface area contributed by atoms with Crippen LogP contribution in [0.25, 0.3) is 11.3 Å². The first kappa shape index (κ1) is 15.0. The second-order valence-electron chi connectivity index (χ2n) is 5.10. The number of aryl methyl sites for hydroxylation is 1. The molecule has 0 saturated heterocycles. The number of nitrogens with zero attached hydrogens (tertiary/aromatic N) is 1. The third kappa shape index (κ3) is 3.45. The lowest BCUT2D eigenvalue weighted by atomic mass is 10.1. The van der Waals surface area contributed by atoms with Crippen LogP contribution in [-0.4, -0.2) is 10.9 Å². The Kier molecular flexibility index (Phi) is 4.19. The maximum absolute atomic E-state index is 13.0. The molecule has 3 aromatic rings. The first-order valence-corrected chi connectivity index (χ1v) is 7.17. The van der Waals surface area contributed by atoms with Gasteiger partial charge in [-0.05, 0) is 55.5 Å². The average Bonchev–Trinajstić information content (AvgIpc) is 3.06. The Hall–Kier alpha value is -2.95. The molecule has 0 aliphatic heterocycles. The van der Waals surface area contributed by atoms with Gasteiger partial charge in [0.25, 0.3) is 5.91 Å². The Labute approximate surface area is 133 Å². The first-order valence-electron chi connectivity index (χ1n) is 7.17. The van der Waals surface area contributed by atoms with Crippen molar-refractivity contribution >= 4 is 5.91 Å². The molecule has 0 fully saturated rings. The Morgan fingerprint density at radius 1 is 1.17 bits per heavy atom. The van der Waals surface area contributed by atoms with Crippen molar-refractivity contribution in [2.45, 2.75) is 13.5 Å². The lowest BCUT2D eigenvalue weighted by Gasteiger charge is -2.08. The minimum atomic E-state index is -0.292. The van der Waals surface area contributed by atoms with Crippen molar-refractivity contribution in [3.8, 4) is 11.3 Å². The molecule has 1 N–H and O–H groups in total. The van der Waals surface area contributed by atoms with Crippen molar-refractivity contribution in [3.63, 3.8) is 0 Å². The Balaban J connectivity index is 1.76. The Bertz CT molecular complexity index is 812. The number of benzene rings is 1. The molecule has 23 heavy (non-hydrogen) atoms. The summed E-state index contributed by atoms with van der Waals surface area (Å²) < 4.78 is 18.1. The van der Waals surface area contributed by atoms with Crippen molar-refractivity contribution in [3.05, 3.63) is 77.6 Å². The molecule has 0 aliphatic carbocycles. The largest absolute Gasteiger partial charge is 0.467 e. The second-order valence-corrected chi connectivity index (χ2v) is 5.10. The summed E-state index contributed by atoms with van der Waals surface area (Å²) in [5.41, 5.74) is 2.62. The minimum absolute atomic E-state index is 0.211. The number of carbonyl (C=O) groups excluding carboxylic acids is 1. The smallest absolute Gasteiger partial charge is 0.253 e. The third-order valence-corrected chi connectivity index (χ3v) is 3.47. The number of nitrogens with one attached hydrogen (secondary N) is 1. The molecule has 0 radical (unpaired) electrons. The van der Waals surface area contributed by atoms with Gasteiger partial charge in [-0.15, -0.1) is 0 Å². The highest BCUT2D eigenvalue weighted by molar-refractivity contribution is 5.95. The number of carbonyl (C=O) groups is 1. The summed E-state index contributed by atoms with van der Waals surface area (Å²) in [6, 6.07) is 13.1. The number of rotatable bonds is 4. The van der Waals surface area contributed by atoms with Crippen LogP contribution in [0, 0.1) is 12.7 Å². The number of halogens is 1. The van der Waals surface area contributed by atoms with Crippen molar-refractivity contribution in [2.75, 3.05) is 0 Å². The Morgan fingerprint density at radius 2 is 1.96 bits per heavy atom. The quantitative estimate of drug-likeness (QED) is 0.799. The molecule has 0 atom stereocenters. The van der Waals surface area contributed by atoms with E-state index in [1.807, 2.05) is 0 Å². The second kappa shape index (κ2) is 6.44. The van der Waals surface area contributed by atoms with E-state index in [9.17, 15) is 9.18 Å². The molecule has 0 aliphatic rings. The van der Waals surface area contributed by atoms with Crippen LogP contribution in [-0.2, 0) is 6.54 Å². The number of hydrogen-bond acceptors (Lipinski definition) is 3. The van der Waals surface area contributed by atoms with Gasteiger partial charge in [0.2, 0.25) is 0 Å². The van der Waals surface area contributed by atoms with E-state index in [0.29, 0.717) is 29.3 Å². The predicted molar refractivity (Wildman–Crippen MR) is 84.2 cm³/mol. The summed E-state index contributed by atoms with van der Waals surface area (Å²) in [7, 11) is 0. The molecule has 5 heteroatoms. The Morgan fingerprint density at radius 3 is 2.61 bits per heavy atom. The molecular formula is C18H15FN2O2. The van der Waals surface area contributed by atoms with E-state index in [1.165, 1.54) is 12.1 Å². The summed E-state index contributed by atoms with van der Waals surface area (Å²) in [6.45, 7) is 2.10. The molecule has 4 nitrogen and oxygen atoms in total. The molecular weight excluding hydrogens is 295 g/mol. The molecule has 116 valence electrons. The normalized spacial score (nSPS) is 10.5. The van der Waals surface area contributed by atoms with Gasteiger partial charge in [0.1, 0.15) is 11.6 Å². The van der Waals surface area contributed by atoms with Gasteiger partial charge in [-0.1, -0.05) is 0 Å². The zero-order valence-electron chi connectivity index (χ0n) is 12.5. The van der Waals surface area contributed by atoms with Gasteiger partial charge in [-0.25, -0.2) is 4.39 Å². The zero-order chi connectivity index (χ0) is 16.2. The maximum atomic E-state index is 13.0. The van der Waals surface area contributed by atoms with Crippen molar-refractivity contribution < 1.29 is 13.6 Å². The number of pyridine rings is 1. The molecule has 0 spiro atoms. The van der Waals surface area contributed by atoms with E-state index in [1.54, 1.807) is 49.6 Å². The minimum Gasteiger partial charge on any atom is -0.467 e. The fraction of sp³-hybridized carbons (Fsp3) is 0.111. The number of hydrogen-bond donors (Lipinski definition) is 1. The summed E-state index contributed by atoms with van der Waals surface area (Å²) in [6.07, 6.45) is 1.56. The highest BCUT2D eigenvalue weighted by atomic mass is 19.1. The number of amides is 1. The molecule has 0 unspecified atom stereocenters. The van der Waals surface area contributed by atoms with Crippen LogP contribution in [0.2, 0.25) is 0 Å². The zero-order valence-corrected chi connectivity index (χ0v) is 12.5. The van der Waals surface area contributed by atoms with Crippen LogP contribution in [0.4, 0.5) is 4.39 Å². The van der Waals surface area contributed by atoms with Crippen LogP contribution >= 0.6 is 0 Å². The standard InChI is InChI=1S/C18H15FN2O2/c1-12-16(18(22)20-11-15-3-2-10-23-15)8-9-17(21-12)13-4-6-14(19)7-5-13/h2-10H,11H2,1H3,(H,20,22). The lowest BCUT2D eigenvalue weighted by Crippen LogP contribution is -2.23. The van der Waals surface area contributed by atoms with Gasteiger partial charge in [0.05, 0.1) is 29.8 Å². The molecule has 0 saturated carbocycles. The van der Waals surface area contributed by atoms with Crippen molar-refractivity contribution in [1.29, 1.82) is 0 Å². The van der Waals surface area contributed by atoms with Gasteiger partial charge in [-0.3, -0.25) is 9.78 Å². The van der Waals surface area contributed by atoms with E-state index < -0.39 is 0 Å². The van der Waals surface area contributed by atoms with Gasteiger partial charge < -0.3 is 9.73 Å². The molecule has 2 aromatic heterocycles. The predicted octanol–water partition coefficient (Wildman–Crippen LogP) is 3.72. The average molecular weight is 310 g/mol. The monoisotopic (exact) mass is 310 g/mol. The lowest BCUT2D eigenvalue weighted by molar-refractivity contribution is 0.0947. The summed E-state index contributed by atoms with van der Waals surface area (Å²) in [5.74, 6) is 0.184. The van der Waals surface area contributed by atoms with E-state index in [4.69, 9.17) is 4.42 Å². The van der Waals surface area contributed by atoms with Gasteiger partial charge in [0, 0.05) is 5.56 Å². The topological polar surface area (TPSA) is 55.1 Å². The molecule has 1 amide bonds. The van der Waals surface area contributed by atoms with E-state index in [2.05, 4.69) is 10.3 Å². The highest BCUT2D eigenvalue weighted by Gasteiger charge is 2.11. The van der Waals surface area contributed by atoms with Crippen LogP contribution in [0.15, 0.2) is 59.2 Å². The van der Waals surface area contributed by atoms with Gasteiger partial charge in [-0.2, -0.15) is 0 Å². The van der Waals surface area contributed by atoms with Crippen LogP contribution in [0.1, 0.15) is 21.8 Å². The van der Waals surface area contributed by atoms with E-state index in [-0.39, 0.29) is 11.7 Å². The fourth-order valence-corrected chi connectivity index (χ4v) is 2.26. The molecule has 2 heterocycles.